The zero-order valence-corrected chi connectivity index (χ0v) is 13.3. The molecule has 25 heavy (non-hydrogen) atoms. The predicted octanol–water partition coefficient (Wildman–Crippen LogP) is 2.40. The molecule has 4 nitrogen and oxygen atoms in total. The van der Waals surface area contributed by atoms with Crippen LogP contribution in [0.2, 0.25) is 0 Å². The Bertz CT molecular complexity index is 680. The van der Waals surface area contributed by atoms with Gasteiger partial charge in [-0.25, -0.2) is 4.39 Å². The summed E-state index contributed by atoms with van der Waals surface area (Å²) in [4.78, 5) is 12.5. The second-order valence-corrected chi connectivity index (χ2v) is 7.08. The van der Waals surface area contributed by atoms with E-state index < -0.39 is 23.6 Å². The highest BCUT2D eigenvalue weighted by molar-refractivity contribution is 5.83. The van der Waals surface area contributed by atoms with Gasteiger partial charge in [0, 0.05) is 17.5 Å². The molecule has 2 aliphatic heterocycles. The van der Waals surface area contributed by atoms with Crippen LogP contribution in [0.3, 0.4) is 0 Å². The molecule has 1 saturated carbocycles. The van der Waals surface area contributed by atoms with Crippen molar-refractivity contribution in [2.45, 2.75) is 37.1 Å². The fourth-order valence-corrected chi connectivity index (χ4v) is 3.63. The van der Waals surface area contributed by atoms with Crippen LogP contribution < -0.4 is 10.6 Å². The summed E-state index contributed by atoms with van der Waals surface area (Å²) in [5.74, 6) is -0.812. The third-order valence-electron chi connectivity index (χ3n) is 5.29. The first kappa shape index (κ1) is 16.8. The Morgan fingerprint density at radius 2 is 2.04 bits per heavy atom. The maximum absolute atomic E-state index is 14.3. The molecule has 0 radical (unpaired) electrons. The van der Waals surface area contributed by atoms with Crippen molar-refractivity contribution in [1.29, 1.82) is 0 Å². The minimum atomic E-state index is -4.60. The van der Waals surface area contributed by atoms with Crippen molar-refractivity contribution in [1.82, 2.24) is 10.6 Å². The van der Waals surface area contributed by atoms with Gasteiger partial charge in [0.15, 0.2) is 0 Å². The van der Waals surface area contributed by atoms with Gasteiger partial charge in [-0.1, -0.05) is 6.07 Å². The number of nitrogens with one attached hydrogen (secondary N) is 2. The quantitative estimate of drug-likeness (QED) is 0.813. The molecule has 136 valence electrons. The zero-order chi connectivity index (χ0) is 17.8. The number of hydrogen-bond donors (Lipinski definition) is 2. The third-order valence-corrected chi connectivity index (χ3v) is 5.29. The molecule has 8 heteroatoms. The number of fused-ring (bicyclic) bond motifs is 1. The van der Waals surface area contributed by atoms with Gasteiger partial charge in [0.05, 0.1) is 30.9 Å². The maximum atomic E-state index is 14.3. The molecular weight excluding hydrogens is 340 g/mol. The molecule has 1 aromatic carbocycles. The Balaban J connectivity index is 1.53. The van der Waals surface area contributed by atoms with Crippen LogP contribution in [0.4, 0.5) is 17.6 Å². The van der Waals surface area contributed by atoms with E-state index in [-0.39, 0.29) is 23.4 Å². The van der Waals surface area contributed by atoms with E-state index >= 15 is 0 Å². The molecule has 0 spiro atoms. The van der Waals surface area contributed by atoms with Gasteiger partial charge in [-0.05, 0) is 30.9 Å². The lowest BCUT2D eigenvalue weighted by Gasteiger charge is -2.35. The second-order valence-electron chi connectivity index (χ2n) is 7.08. The van der Waals surface area contributed by atoms with Crippen LogP contribution in [0.5, 0.6) is 0 Å². The molecule has 3 aliphatic rings. The van der Waals surface area contributed by atoms with E-state index in [2.05, 4.69) is 10.6 Å². The molecule has 1 amide bonds. The van der Waals surface area contributed by atoms with Crippen LogP contribution in [-0.2, 0) is 15.7 Å². The molecule has 4 atom stereocenters. The molecule has 3 fully saturated rings. The smallest absolute Gasteiger partial charge is 0.381 e. The minimum absolute atomic E-state index is 0.0674. The number of rotatable bonds is 4. The van der Waals surface area contributed by atoms with Crippen LogP contribution in [-0.4, -0.2) is 31.2 Å². The van der Waals surface area contributed by atoms with Crippen LogP contribution in [0.1, 0.15) is 30.0 Å². The SMILES string of the molecule is O=C(N[C@@H](c1ccc(C(F)(F)F)cc1F)C1COC1)C1C[C@H]2C[C@H]2N1. The number of alkyl halides is 3. The summed E-state index contributed by atoms with van der Waals surface area (Å²) < 4.78 is 57.6. The molecule has 0 bridgehead atoms. The first-order valence-electron chi connectivity index (χ1n) is 8.33. The third kappa shape index (κ3) is 3.25. The molecule has 0 aromatic heterocycles. The van der Waals surface area contributed by atoms with E-state index in [1.165, 1.54) is 0 Å². The summed E-state index contributed by atoms with van der Waals surface area (Å²) in [6, 6.07) is 1.83. The number of carbonyl (C=O) groups is 1. The summed E-state index contributed by atoms with van der Waals surface area (Å²) in [5.41, 5.74) is -0.973. The first-order chi connectivity index (χ1) is 11.8. The number of ether oxygens (including phenoxy) is 1. The van der Waals surface area contributed by atoms with Gasteiger partial charge >= 0.3 is 6.18 Å². The molecular formula is C17H18F4N2O2. The summed E-state index contributed by atoms with van der Waals surface area (Å²) in [6.45, 7) is 0.684. The molecule has 1 aliphatic carbocycles. The van der Waals surface area contributed by atoms with Gasteiger partial charge in [-0.2, -0.15) is 13.2 Å². The van der Waals surface area contributed by atoms with Gasteiger partial charge in [-0.3, -0.25) is 4.79 Å². The molecule has 2 N–H and O–H groups in total. The zero-order valence-electron chi connectivity index (χ0n) is 13.3. The fraction of sp³-hybridized carbons (Fsp3) is 0.588. The highest BCUT2D eigenvalue weighted by Gasteiger charge is 2.48. The lowest BCUT2D eigenvalue weighted by Crippen LogP contribution is -2.48. The predicted molar refractivity (Wildman–Crippen MR) is 80.0 cm³/mol. The second kappa shape index (κ2) is 5.95. The van der Waals surface area contributed by atoms with E-state index in [9.17, 15) is 22.4 Å². The van der Waals surface area contributed by atoms with Crippen LogP contribution in [0.25, 0.3) is 0 Å². The Labute approximate surface area is 141 Å². The Hall–Kier alpha value is -1.67. The lowest BCUT2D eigenvalue weighted by atomic mass is 9.90. The maximum Gasteiger partial charge on any atom is 0.416 e. The minimum Gasteiger partial charge on any atom is -0.381 e. The summed E-state index contributed by atoms with van der Waals surface area (Å²) >= 11 is 0. The van der Waals surface area contributed by atoms with Crippen molar-refractivity contribution < 1.29 is 27.1 Å². The van der Waals surface area contributed by atoms with E-state index in [1.54, 1.807) is 0 Å². The number of amides is 1. The van der Waals surface area contributed by atoms with Gasteiger partial charge in [0.2, 0.25) is 5.91 Å². The van der Waals surface area contributed by atoms with Crippen molar-refractivity contribution in [2.75, 3.05) is 13.2 Å². The van der Waals surface area contributed by atoms with Gasteiger partial charge in [0.25, 0.3) is 0 Å². The Morgan fingerprint density at radius 3 is 2.56 bits per heavy atom. The number of benzene rings is 1. The number of piperidine rings is 1. The van der Waals surface area contributed by atoms with E-state index in [4.69, 9.17) is 4.74 Å². The highest BCUT2D eigenvalue weighted by Crippen LogP contribution is 2.41. The van der Waals surface area contributed by atoms with Crippen LogP contribution >= 0.6 is 0 Å². The summed E-state index contributed by atoms with van der Waals surface area (Å²) in [7, 11) is 0. The summed E-state index contributed by atoms with van der Waals surface area (Å²) in [6.07, 6.45) is -2.77. The topological polar surface area (TPSA) is 50.4 Å². The number of carbonyl (C=O) groups excluding carboxylic acids is 1. The van der Waals surface area contributed by atoms with E-state index in [0.717, 1.165) is 25.0 Å². The standard InChI is InChI=1S/C17H18F4N2O2/c18-12-5-10(17(19,20)21)1-2-11(12)15(9-6-25-7-9)23-16(24)14-4-8-3-13(8)22-14/h1-2,5,8-9,13-15,22H,3-4,6-7H2,(H,23,24)/t8-,13-,14?,15-/m1/s1. The van der Waals surface area contributed by atoms with Crippen LogP contribution in [0, 0.1) is 17.7 Å². The number of halogens is 4. The molecule has 2 heterocycles. The summed E-state index contributed by atoms with van der Waals surface area (Å²) in [5, 5.41) is 6.03. The first-order valence-corrected chi connectivity index (χ1v) is 8.33. The Kier molecular flexibility index (Phi) is 3.99. The van der Waals surface area contributed by atoms with E-state index in [0.29, 0.717) is 31.2 Å². The van der Waals surface area contributed by atoms with Crippen LogP contribution in [0.15, 0.2) is 18.2 Å². The van der Waals surface area contributed by atoms with Gasteiger partial charge in [-0.15, -0.1) is 0 Å². The van der Waals surface area contributed by atoms with Gasteiger partial charge < -0.3 is 15.4 Å². The molecule has 4 rings (SSSR count). The average molecular weight is 358 g/mol. The molecule has 1 aromatic rings. The highest BCUT2D eigenvalue weighted by atomic mass is 19.4. The normalized spacial score (nSPS) is 29.7. The fourth-order valence-electron chi connectivity index (χ4n) is 3.63. The lowest BCUT2D eigenvalue weighted by molar-refractivity contribution is -0.138. The monoisotopic (exact) mass is 358 g/mol. The van der Waals surface area contributed by atoms with Crippen molar-refractivity contribution in [3.05, 3.63) is 35.1 Å². The largest absolute Gasteiger partial charge is 0.416 e. The molecule has 2 saturated heterocycles. The number of hydrogen-bond acceptors (Lipinski definition) is 3. The average Bonchev–Trinajstić information content (AvgIpc) is 3.09. The van der Waals surface area contributed by atoms with Crippen molar-refractivity contribution >= 4 is 5.91 Å². The Morgan fingerprint density at radius 1 is 1.28 bits per heavy atom. The van der Waals surface area contributed by atoms with Crippen molar-refractivity contribution in [3.8, 4) is 0 Å². The molecule has 1 unspecified atom stereocenters. The van der Waals surface area contributed by atoms with Gasteiger partial charge in [0.1, 0.15) is 5.82 Å². The van der Waals surface area contributed by atoms with Crippen molar-refractivity contribution in [3.63, 3.8) is 0 Å². The van der Waals surface area contributed by atoms with E-state index in [1.807, 2.05) is 0 Å². The van der Waals surface area contributed by atoms with Crippen molar-refractivity contribution in [2.24, 2.45) is 11.8 Å².